The van der Waals surface area contributed by atoms with Gasteiger partial charge in [-0.15, -0.1) is 5.73 Å². The summed E-state index contributed by atoms with van der Waals surface area (Å²) in [6, 6.07) is 0. The summed E-state index contributed by atoms with van der Waals surface area (Å²) in [5, 5.41) is 0. The summed E-state index contributed by atoms with van der Waals surface area (Å²) in [5.74, 6) is 1.71. The minimum atomic E-state index is 0.856. The quantitative estimate of drug-likeness (QED) is 0.433. The third kappa shape index (κ3) is 1.25. The van der Waals surface area contributed by atoms with Crippen LogP contribution in [0.2, 0.25) is 0 Å². The highest BCUT2D eigenvalue weighted by molar-refractivity contribution is 5.07. The van der Waals surface area contributed by atoms with Crippen LogP contribution in [0.25, 0.3) is 0 Å². The number of rotatable bonds is 0. The molecule has 0 saturated heterocycles. The molecule has 2 atom stereocenters. The summed E-state index contributed by atoms with van der Waals surface area (Å²) in [7, 11) is 0. The first-order chi connectivity index (χ1) is 4.24. The average Bonchev–Trinajstić information content (AvgIpc) is 2.13. The van der Waals surface area contributed by atoms with Gasteiger partial charge in [0.1, 0.15) is 0 Å². The van der Waals surface area contributed by atoms with E-state index in [0.29, 0.717) is 0 Å². The van der Waals surface area contributed by atoms with Crippen molar-refractivity contribution in [1.82, 2.24) is 0 Å². The van der Waals surface area contributed by atoms with Crippen molar-refractivity contribution in [3.63, 3.8) is 0 Å². The standard InChI is InChI=1S/C9H14/c1-4-9-5-7(2)8(3)6-9/h7-8H,1,5-6H2,2-3H3. The summed E-state index contributed by atoms with van der Waals surface area (Å²) < 4.78 is 0. The first kappa shape index (κ1) is 6.64. The van der Waals surface area contributed by atoms with Crippen LogP contribution < -0.4 is 0 Å². The van der Waals surface area contributed by atoms with E-state index in [1.165, 1.54) is 18.4 Å². The zero-order valence-electron chi connectivity index (χ0n) is 6.28. The number of hydrogen-bond acceptors (Lipinski definition) is 0. The third-order valence-electron chi connectivity index (χ3n) is 2.36. The van der Waals surface area contributed by atoms with E-state index in [9.17, 15) is 0 Å². The predicted octanol–water partition coefficient (Wildman–Crippen LogP) is 2.76. The van der Waals surface area contributed by atoms with Gasteiger partial charge in [-0.1, -0.05) is 20.4 Å². The molecule has 0 aliphatic heterocycles. The minimum Gasteiger partial charge on any atom is -0.130 e. The molecule has 0 aromatic heterocycles. The van der Waals surface area contributed by atoms with Crippen LogP contribution >= 0.6 is 0 Å². The van der Waals surface area contributed by atoms with E-state index >= 15 is 0 Å². The van der Waals surface area contributed by atoms with E-state index in [2.05, 4.69) is 26.2 Å². The lowest BCUT2D eigenvalue weighted by Crippen LogP contribution is -1.95. The van der Waals surface area contributed by atoms with Gasteiger partial charge in [0.05, 0.1) is 0 Å². The Morgan fingerprint density at radius 3 is 2.00 bits per heavy atom. The van der Waals surface area contributed by atoms with Crippen LogP contribution in [-0.4, -0.2) is 0 Å². The van der Waals surface area contributed by atoms with Crippen molar-refractivity contribution >= 4 is 0 Å². The SMILES string of the molecule is C=C=C1CC(C)C(C)C1. The molecule has 0 bridgehead atoms. The van der Waals surface area contributed by atoms with Crippen LogP contribution in [0, 0.1) is 11.8 Å². The summed E-state index contributed by atoms with van der Waals surface area (Å²) in [6.45, 7) is 8.25. The second kappa shape index (κ2) is 2.41. The molecule has 0 aromatic rings. The highest BCUT2D eigenvalue weighted by Crippen LogP contribution is 2.34. The van der Waals surface area contributed by atoms with Crippen LogP contribution in [0.4, 0.5) is 0 Å². The number of allylic oxidation sites excluding steroid dienone is 1. The van der Waals surface area contributed by atoms with Crippen LogP contribution in [0.1, 0.15) is 26.7 Å². The van der Waals surface area contributed by atoms with Crippen molar-refractivity contribution < 1.29 is 0 Å². The van der Waals surface area contributed by atoms with Crippen molar-refractivity contribution in [2.24, 2.45) is 11.8 Å². The monoisotopic (exact) mass is 122 g/mol. The molecular formula is C9H14. The van der Waals surface area contributed by atoms with Gasteiger partial charge >= 0.3 is 0 Å². The lowest BCUT2D eigenvalue weighted by atomic mass is 10.0. The van der Waals surface area contributed by atoms with Gasteiger partial charge in [0.25, 0.3) is 0 Å². The maximum Gasteiger partial charge on any atom is -0.0215 e. The molecule has 0 N–H and O–H groups in total. The smallest absolute Gasteiger partial charge is 0.0215 e. The Morgan fingerprint density at radius 1 is 1.33 bits per heavy atom. The van der Waals surface area contributed by atoms with Crippen LogP contribution in [-0.2, 0) is 0 Å². The summed E-state index contributed by atoms with van der Waals surface area (Å²) >= 11 is 0. The Morgan fingerprint density at radius 2 is 1.78 bits per heavy atom. The van der Waals surface area contributed by atoms with Crippen molar-refractivity contribution in [2.45, 2.75) is 26.7 Å². The van der Waals surface area contributed by atoms with Crippen molar-refractivity contribution in [3.05, 3.63) is 17.9 Å². The van der Waals surface area contributed by atoms with Gasteiger partial charge < -0.3 is 0 Å². The van der Waals surface area contributed by atoms with Crippen molar-refractivity contribution in [1.29, 1.82) is 0 Å². The van der Waals surface area contributed by atoms with Crippen LogP contribution in [0.5, 0.6) is 0 Å². The maximum atomic E-state index is 3.65. The summed E-state index contributed by atoms with van der Waals surface area (Å²) in [5.41, 5.74) is 4.42. The predicted molar refractivity (Wildman–Crippen MR) is 40.2 cm³/mol. The molecule has 1 fully saturated rings. The average molecular weight is 122 g/mol. The minimum absolute atomic E-state index is 0.856. The van der Waals surface area contributed by atoms with E-state index in [1.807, 2.05) is 0 Å². The summed E-state index contributed by atoms with van der Waals surface area (Å²) in [4.78, 5) is 0. The maximum absolute atomic E-state index is 3.65. The molecule has 1 saturated carbocycles. The molecule has 1 aliphatic carbocycles. The van der Waals surface area contributed by atoms with Crippen molar-refractivity contribution in [3.8, 4) is 0 Å². The van der Waals surface area contributed by atoms with E-state index in [0.717, 1.165) is 11.8 Å². The Kier molecular flexibility index (Phi) is 1.78. The molecule has 2 unspecified atom stereocenters. The molecule has 1 aliphatic rings. The second-order valence-corrected chi connectivity index (χ2v) is 3.14. The second-order valence-electron chi connectivity index (χ2n) is 3.14. The third-order valence-corrected chi connectivity index (χ3v) is 2.36. The highest BCUT2D eigenvalue weighted by atomic mass is 14.3. The van der Waals surface area contributed by atoms with Gasteiger partial charge in [-0.05, 0) is 30.3 Å². The Hall–Kier alpha value is -0.480. The Bertz CT molecular complexity index is 137. The first-order valence-electron chi connectivity index (χ1n) is 3.62. The molecule has 1 rings (SSSR count). The molecule has 0 amide bonds. The first-order valence-corrected chi connectivity index (χ1v) is 3.62. The fourth-order valence-electron chi connectivity index (χ4n) is 1.41. The van der Waals surface area contributed by atoms with Crippen LogP contribution in [0.3, 0.4) is 0 Å². The largest absolute Gasteiger partial charge is 0.130 e. The molecule has 0 aromatic carbocycles. The lowest BCUT2D eigenvalue weighted by molar-refractivity contribution is 0.457. The van der Waals surface area contributed by atoms with Gasteiger partial charge in [-0.3, -0.25) is 0 Å². The fraction of sp³-hybridized carbons (Fsp3) is 0.667. The van der Waals surface area contributed by atoms with Crippen molar-refractivity contribution in [2.75, 3.05) is 0 Å². The highest BCUT2D eigenvalue weighted by Gasteiger charge is 2.22. The molecule has 0 heteroatoms. The molecule has 0 radical (unpaired) electrons. The normalized spacial score (nSPS) is 34.7. The lowest BCUT2D eigenvalue weighted by Gasteiger charge is -2.04. The molecular weight excluding hydrogens is 108 g/mol. The molecule has 50 valence electrons. The fourth-order valence-corrected chi connectivity index (χ4v) is 1.41. The van der Waals surface area contributed by atoms with Gasteiger partial charge in [-0.25, -0.2) is 0 Å². The molecule has 0 nitrogen and oxygen atoms in total. The Balaban J connectivity index is 2.64. The van der Waals surface area contributed by atoms with E-state index in [1.54, 1.807) is 0 Å². The Labute approximate surface area is 57.3 Å². The van der Waals surface area contributed by atoms with Gasteiger partial charge in [0.2, 0.25) is 0 Å². The zero-order chi connectivity index (χ0) is 6.85. The van der Waals surface area contributed by atoms with Gasteiger partial charge in [0, 0.05) is 0 Å². The summed E-state index contributed by atoms with van der Waals surface area (Å²) in [6.07, 6.45) is 2.45. The van der Waals surface area contributed by atoms with Gasteiger partial charge in [-0.2, -0.15) is 0 Å². The topological polar surface area (TPSA) is 0 Å². The number of hydrogen-bond donors (Lipinski definition) is 0. The van der Waals surface area contributed by atoms with Gasteiger partial charge in [0.15, 0.2) is 0 Å². The molecule has 9 heavy (non-hydrogen) atoms. The molecule has 0 heterocycles. The van der Waals surface area contributed by atoms with E-state index in [4.69, 9.17) is 0 Å². The van der Waals surface area contributed by atoms with E-state index in [-0.39, 0.29) is 0 Å². The van der Waals surface area contributed by atoms with Crippen LogP contribution in [0.15, 0.2) is 17.9 Å². The molecule has 0 spiro atoms. The zero-order valence-corrected chi connectivity index (χ0v) is 6.28. The van der Waals surface area contributed by atoms with E-state index < -0.39 is 0 Å².